The van der Waals surface area contributed by atoms with Crippen molar-refractivity contribution in [1.29, 1.82) is 0 Å². The van der Waals surface area contributed by atoms with Crippen LogP contribution in [0.15, 0.2) is 47.4 Å². The third kappa shape index (κ3) is 3.12. The molecule has 0 bridgehead atoms. The number of benzene rings is 2. The van der Waals surface area contributed by atoms with E-state index in [4.69, 9.17) is 4.74 Å². The Hall–Kier alpha value is -2.05. The van der Waals surface area contributed by atoms with E-state index >= 15 is 0 Å². The molecule has 0 aliphatic carbocycles. The first-order chi connectivity index (χ1) is 12.0. The summed E-state index contributed by atoms with van der Waals surface area (Å²) in [5.74, 6) is 0.793. The van der Waals surface area contributed by atoms with Crippen LogP contribution in [0.4, 0.5) is 5.69 Å². The quantitative estimate of drug-likeness (QED) is 0.891. The van der Waals surface area contributed by atoms with E-state index in [0.29, 0.717) is 18.0 Å². The number of hydrogen-bond donors (Lipinski definition) is 1. The van der Waals surface area contributed by atoms with Crippen molar-refractivity contribution in [2.24, 2.45) is 0 Å². The summed E-state index contributed by atoms with van der Waals surface area (Å²) in [6.07, 6.45) is 1.78. The maximum absolute atomic E-state index is 12.6. The summed E-state index contributed by atoms with van der Waals surface area (Å²) in [6.45, 7) is 3.99. The molecule has 2 aromatic rings. The van der Waals surface area contributed by atoms with Gasteiger partial charge in [-0.05, 0) is 48.7 Å². The van der Waals surface area contributed by atoms with Gasteiger partial charge in [0, 0.05) is 31.2 Å². The third-order valence-corrected chi connectivity index (χ3v) is 6.42. The molecule has 2 heterocycles. The summed E-state index contributed by atoms with van der Waals surface area (Å²) in [5, 5.41) is 0. The van der Waals surface area contributed by atoms with Crippen molar-refractivity contribution in [2.75, 3.05) is 24.6 Å². The van der Waals surface area contributed by atoms with Crippen LogP contribution in [0.1, 0.15) is 18.1 Å². The molecule has 1 atom stereocenters. The lowest BCUT2D eigenvalue weighted by Gasteiger charge is -2.27. The molecule has 132 valence electrons. The van der Waals surface area contributed by atoms with Gasteiger partial charge >= 0.3 is 0 Å². The fourth-order valence-electron chi connectivity index (χ4n) is 3.58. The van der Waals surface area contributed by atoms with Crippen molar-refractivity contribution < 1.29 is 13.2 Å². The van der Waals surface area contributed by atoms with Crippen molar-refractivity contribution in [1.82, 2.24) is 4.72 Å². The minimum Gasteiger partial charge on any atom is -0.493 e. The first-order valence-electron chi connectivity index (χ1n) is 8.64. The Kier molecular flexibility index (Phi) is 4.17. The van der Waals surface area contributed by atoms with Crippen molar-refractivity contribution in [3.8, 4) is 5.75 Å². The number of ether oxygens (including phenoxy) is 1. The van der Waals surface area contributed by atoms with E-state index in [2.05, 4.69) is 28.7 Å². The van der Waals surface area contributed by atoms with Crippen molar-refractivity contribution >= 4 is 15.7 Å². The van der Waals surface area contributed by atoms with E-state index in [1.54, 1.807) is 18.2 Å². The number of sulfonamides is 1. The van der Waals surface area contributed by atoms with E-state index in [9.17, 15) is 8.42 Å². The molecular weight excluding hydrogens is 336 g/mol. The van der Waals surface area contributed by atoms with Gasteiger partial charge < -0.3 is 9.64 Å². The molecule has 6 heteroatoms. The van der Waals surface area contributed by atoms with Gasteiger partial charge in [0.25, 0.3) is 0 Å². The number of fused-ring (bicyclic) bond motifs is 2. The highest BCUT2D eigenvalue weighted by Crippen LogP contribution is 2.30. The molecule has 0 amide bonds. The SMILES string of the molecule is CC(CNS(=O)(=O)c1ccc2c(c1)CCO2)N1CCc2ccccc21. The highest BCUT2D eigenvalue weighted by Gasteiger charge is 2.25. The fourth-order valence-corrected chi connectivity index (χ4v) is 4.75. The van der Waals surface area contributed by atoms with Crippen molar-refractivity contribution in [2.45, 2.75) is 30.7 Å². The van der Waals surface area contributed by atoms with Crippen molar-refractivity contribution in [3.05, 3.63) is 53.6 Å². The van der Waals surface area contributed by atoms with E-state index in [-0.39, 0.29) is 6.04 Å². The smallest absolute Gasteiger partial charge is 0.240 e. The van der Waals surface area contributed by atoms with Crippen LogP contribution in [0.3, 0.4) is 0 Å². The molecule has 5 nitrogen and oxygen atoms in total. The van der Waals surface area contributed by atoms with Crippen LogP contribution in [-0.4, -0.2) is 34.2 Å². The number of nitrogens with one attached hydrogen (secondary N) is 1. The van der Waals surface area contributed by atoms with E-state index in [1.165, 1.54) is 11.3 Å². The van der Waals surface area contributed by atoms with Gasteiger partial charge in [-0.25, -0.2) is 13.1 Å². The number of rotatable bonds is 5. The molecule has 2 aliphatic rings. The molecule has 25 heavy (non-hydrogen) atoms. The summed E-state index contributed by atoms with van der Waals surface area (Å²) in [7, 11) is -3.52. The first kappa shape index (κ1) is 16.4. The van der Waals surface area contributed by atoms with Crippen LogP contribution < -0.4 is 14.4 Å². The normalized spacial score (nSPS) is 17.1. The molecule has 1 unspecified atom stereocenters. The van der Waals surface area contributed by atoms with Crippen LogP contribution in [0.5, 0.6) is 5.75 Å². The van der Waals surface area contributed by atoms with Crippen LogP contribution in [0.2, 0.25) is 0 Å². The number of para-hydroxylation sites is 1. The summed E-state index contributed by atoms with van der Waals surface area (Å²) >= 11 is 0. The Morgan fingerprint density at radius 3 is 2.88 bits per heavy atom. The van der Waals surface area contributed by atoms with Gasteiger partial charge in [-0.2, -0.15) is 0 Å². The van der Waals surface area contributed by atoms with Crippen LogP contribution >= 0.6 is 0 Å². The maximum Gasteiger partial charge on any atom is 0.240 e. The molecular formula is C19H22N2O3S. The minimum atomic E-state index is -3.52. The Bertz CT molecular complexity index is 895. The van der Waals surface area contributed by atoms with Crippen LogP contribution in [0.25, 0.3) is 0 Å². The Morgan fingerprint density at radius 2 is 2.00 bits per heavy atom. The number of hydrogen-bond acceptors (Lipinski definition) is 4. The fraction of sp³-hybridized carbons (Fsp3) is 0.368. The second-order valence-electron chi connectivity index (χ2n) is 6.64. The summed E-state index contributed by atoms with van der Waals surface area (Å²) in [5.41, 5.74) is 3.50. The summed E-state index contributed by atoms with van der Waals surface area (Å²) < 4.78 is 33.5. The first-order valence-corrected chi connectivity index (χ1v) is 10.1. The molecule has 0 saturated carbocycles. The highest BCUT2D eigenvalue weighted by atomic mass is 32.2. The van der Waals surface area contributed by atoms with E-state index < -0.39 is 10.0 Å². The van der Waals surface area contributed by atoms with Gasteiger partial charge in [0.1, 0.15) is 5.75 Å². The molecule has 0 spiro atoms. The average molecular weight is 358 g/mol. The molecule has 1 N–H and O–H groups in total. The van der Waals surface area contributed by atoms with E-state index in [1.807, 2.05) is 12.1 Å². The highest BCUT2D eigenvalue weighted by molar-refractivity contribution is 7.89. The lowest BCUT2D eigenvalue weighted by Crippen LogP contribution is -2.41. The zero-order valence-electron chi connectivity index (χ0n) is 14.2. The third-order valence-electron chi connectivity index (χ3n) is 5.00. The number of nitrogens with zero attached hydrogens (tertiary/aromatic N) is 1. The zero-order valence-corrected chi connectivity index (χ0v) is 15.1. The lowest BCUT2D eigenvalue weighted by atomic mass is 10.2. The van der Waals surface area contributed by atoms with Gasteiger partial charge in [0.2, 0.25) is 10.0 Å². The zero-order chi connectivity index (χ0) is 17.4. The minimum absolute atomic E-state index is 0.0937. The molecule has 0 aromatic heterocycles. The molecule has 2 aromatic carbocycles. The second-order valence-corrected chi connectivity index (χ2v) is 8.41. The monoisotopic (exact) mass is 358 g/mol. The molecule has 0 saturated heterocycles. The predicted octanol–water partition coefficient (Wildman–Crippen LogP) is 2.35. The average Bonchev–Trinajstić information content (AvgIpc) is 3.25. The Morgan fingerprint density at radius 1 is 1.16 bits per heavy atom. The number of anilines is 1. The standard InChI is InChI=1S/C19H22N2O3S/c1-14(21-10-8-15-4-2-3-5-18(15)21)13-20-25(22,23)17-6-7-19-16(12-17)9-11-24-19/h2-7,12,14,20H,8-11,13H2,1H3. The van der Waals surface area contributed by atoms with Crippen LogP contribution in [-0.2, 0) is 22.9 Å². The van der Waals surface area contributed by atoms with Gasteiger partial charge in [0.05, 0.1) is 11.5 Å². The molecule has 2 aliphatic heterocycles. The van der Waals surface area contributed by atoms with Gasteiger partial charge in [-0.1, -0.05) is 18.2 Å². The largest absolute Gasteiger partial charge is 0.493 e. The van der Waals surface area contributed by atoms with E-state index in [0.717, 1.165) is 30.7 Å². The molecule has 0 fully saturated rings. The van der Waals surface area contributed by atoms with Crippen molar-refractivity contribution in [3.63, 3.8) is 0 Å². The lowest BCUT2D eigenvalue weighted by molar-refractivity contribution is 0.356. The molecule has 0 radical (unpaired) electrons. The van der Waals surface area contributed by atoms with Gasteiger partial charge in [-0.15, -0.1) is 0 Å². The van der Waals surface area contributed by atoms with Gasteiger partial charge in [0.15, 0.2) is 0 Å². The maximum atomic E-state index is 12.6. The Balaban J connectivity index is 1.45. The topological polar surface area (TPSA) is 58.6 Å². The second kappa shape index (κ2) is 6.35. The Labute approximate surface area is 148 Å². The molecule has 4 rings (SSSR count). The summed E-state index contributed by atoms with van der Waals surface area (Å²) in [4.78, 5) is 2.58. The van der Waals surface area contributed by atoms with Crippen LogP contribution in [0, 0.1) is 0 Å². The predicted molar refractivity (Wildman–Crippen MR) is 97.8 cm³/mol. The summed E-state index contributed by atoms with van der Waals surface area (Å²) in [6, 6.07) is 13.5. The van der Waals surface area contributed by atoms with Gasteiger partial charge in [-0.3, -0.25) is 0 Å².